The first-order valence-electron chi connectivity index (χ1n) is 35.0. The summed E-state index contributed by atoms with van der Waals surface area (Å²) in [4.78, 5) is 4.68. The van der Waals surface area contributed by atoms with Gasteiger partial charge in [-0.25, -0.2) is 0 Å². The van der Waals surface area contributed by atoms with Gasteiger partial charge in [0.15, 0.2) is 0 Å². The number of fused-ring (bicyclic) bond motifs is 4. The molecule has 0 N–H and O–H groups in total. The SMILES string of the molecule is C.c1ccc(-c2ccc(N(c3ccc(-c4ccccc4)cc3)c3ccc(-c4ccc(-c5ccc6ccccc6c5)c5ccccc45)cc3)cc2)cc1.c1ccc(-c2ccc(N(c3ccc(-c4ccccc4)cc3)c3ccc(-c4cccc5c(-c6ccc7ccccc7c6)cccc45)cc3)cc2)cc1. The van der Waals surface area contributed by atoms with E-state index in [0.29, 0.717) is 0 Å². The van der Waals surface area contributed by atoms with Gasteiger partial charge in [-0.05, 0) is 217 Å². The summed E-state index contributed by atoms with van der Waals surface area (Å²) in [5.74, 6) is 0. The molecule has 488 valence electrons. The van der Waals surface area contributed by atoms with Crippen LogP contribution in [0.3, 0.4) is 0 Å². The molecule has 0 aliphatic rings. The highest BCUT2D eigenvalue weighted by atomic mass is 15.1. The Labute approximate surface area is 604 Å². The van der Waals surface area contributed by atoms with Crippen molar-refractivity contribution in [2.45, 2.75) is 7.43 Å². The molecule has 2 heteroatoms. The third-order valence-corrected chi connectivity index (χ3v) is 19.8. The van der Waals surface area contributed by atoms with Crippen LogP contribution >= 0.6 is 0 Å². The molecule has 0 unspecified atom stereocenters. The van der Waals surface area contributed by atoms with E-state index in [1.807, 2.05) is 0 Å². The number of anilines is 6. The van der Waals surface area contributed by atoms with Crippen LogP contribution in [0.15, 0.2) is 425 Å². The van der Waals surface area contributed by atoms with Gasteiger partial charge in [0.25, 0.3) is 0 Å². The van der Waals surface area contributed by atoms with Gasteiger partial charge in [-0.2, -0.15) is 0 Å². The lowest BCUT2D eigenvalue weighted by Crippen LogP contribution is -2.09. The topological polar surface area (TPSA) is 6.48 Å². The first kappa shape index (κ1) is 64.3. The lowest BCUT2D eigenvalue weighted by molar-refractivity contribution is 1.28. The van der Waals surface area contributed by atoms with Crippen molar-refractivity contribution < 1.29 is 0 Å². The average Bonchev–Trinajstić information content (AvgIpc) is 0.781. The van der Waals surface area contributed by atoms with Crippen LogP contribution in [0, 0.1) is 0 Å². The number of rotatable bonds is 14. The second-order valence-electron chi connectivity index (χ2n) is 26.0. The van der Waals surface area contributed by atoms with Crippen molar-refractivity contribution in [3.05, 3.63) is 425 Å². The normalized spacial score (nSPS) is 11.0. The minimum absolute atomic E-state index is 0. The second-order valence-corrected chi connectivity index (χ2v) is 26.0. The average molecular weight is 1320 g/mol. The molecular weight excluding hydrogens is 1240 g/mol. The van der Waals surface area contributed by atoms with Gasteiger partial charge in [0.05, 0.1) is 0 Å². The fourth-order valence-corrected chi connectivity index (χ4v) is 14.5. The minimum Gasteiger partial charge on any atom is -0.311 e. The van der Waals surface area contributed by atoms with Crippen LogP contribution in [0.2, 0.25) is 0 Å². The zero-order valence-corrected chi connectivity index (χ0v) is 56.3. The summed E-state index contributed by atoms with van der Waals surface area (Å²) in [7, 11) is 0. The van der Waals surface area contributed by atoms with Crippen LogP contribution in [0.25, 0.3) is 132 Å². The smallest absolute Gasteiger partial charge is 0.0462 e. The summed E-state index contributed by atoms with van der Waals surface area (Å²) in [6.45, 7) is 0. The van der Waals surface area contributed by atoms with Crippen molar-refractivity contribution in [1.29, 1.82) is 0 Å². The number of hydrogen-bond donors (Lipinski definition) is 0. The largest absolute Gasteiger partial charge is 0.311 e. The molecule has 0 amide bonds. The monoisotopic (exact) mass is 1310 g/mol. The van der Waals surface area contributed by atoms with Gasteiger partial charge in [-0.1, -0.05) is 347 Å². The van der Waals surface area contributed by atoms with Crippen LogP contribution in [0.4, 0.5) is 34.1 Å². The van der Waals surface area contributed by atoms with E-state index in [1.165, 1.54) is 132 Å². The van der Waals surface area contributed by atoms with Crippen molar-refractivity contribution in [2.24, 2.45) is 0 Å². The molecule has 18 aromatic carbocycles. The number of nitrogens with zero attached hydrogens (tertiary/aromatic N) is 2. The molecule has 0 atom stereocenters. The predicted octanol–water partition coefficient (Wildman–Crippen LogP) is 28.9. The van der Waals surface area contributed by atoms with Gasteiger partial charge in [-0.3, -0.25) is 0 Å². The molecule has 18 aromatic rings. The first-order chi connectivity index (χ1) is 50.6. The maximum Gasteiger partial charge on any atom is 0.0462 e. The van der Waals surface area contributed by atoms with Crippen LogP contribution in [-0.2, 0) is 0 Å². The van der Waals surface area contributed by atoms with Gasteiger partial charge in [0.2, 0.25) is 0 Å². The van der Waals surface area contributed by atoms with Crippen molar-refractivity contribution in [2.75, 3.05) is 9.80 Å². The lowest BCUT2D eigenvalue weighted by atomic mass is 9.91. The Morgan fingerprint density at radius 3 is 0.631 bits per heavy atom. The highest BCUT2D eigenvalue weighted by Crippen LogP contribution is 2.44. The molecule has 0 saturated carbocycles. The van der Waals surface area contributed by atoms with Crippen LogP contribution < -0.4 is 9.80 Å². The first-order valence-corrected chi connectivity index (χ1v) is 35.0. The summed E-state index contributed by atoms with van der Waals surface area (Å²) >= 11 is 0. The summed E-state index contributed by atoms with van der Waals surface area (Å²) in [6, 6.07) is 153. The van der Waals surface area contributed by atoms with E-state index in [2.05, 4.69) is 434 Å². The van der Waals surface area contributed by atoms with E-state index in [4.69, 9.17) is 0 Å². The van der Waals surface area contributed by atoms with E-state index in [9.17, 15) is 0 Å². The maximum absolute atomic E-state index is 2.34. The molecular formula is C101H74N2. The lowest BCUT2D eigenvalue weighted by Gasteiger charge is -2.26. The van der Waals surface area contributed by atoms with Crippen molar-refractivity contribution >= 4 is 77.2 Å². The Morgan fingerprint density at radius 1 is 0.126 bits per heavy atom. The Bertz CT molecular complexity index is 5430. The summed E-state index contributed by atoms with van der Waals surface area (Å²) in [5.41, 5.74) is 26.1. The van der Waals surface area contributed by atoms with E-state index < -0.39 is 0 Å². The molecule has 0 bridgehead atoms. The quantitative estimate of drug-likeness (QED) is 0.107. The van der Waals surface area contributed by atoms with Crippen molar-refractivity contribution in [3.63, 3.8) is 0 Å². The molecule has 0 aromatic heterocycles. The summed E-state index contributed by atoms with van der Waals surface area (Å²) < 4.78 is 0. The van der Waals surface area contributed by atoms with E-state index in [-0.39, 0.29) is 7.43 Å². The van der Waals surface area contributed by atoms with Gasteiger partial charge in [0, 0.05) is 34.1 Å². The molecule has 0 aliphatic carbocycles. The molecule has 0 radical (unpaired) electrons. The maximum atomic E-state index is 2.34. The molecule has 0 aliphatic heterocycles. The minimum atomic E-state index is 0. The van der Waals surface area contributed by atoms with Gasteiger partial charge in [0.1, 0.15) is 0 Å². The molecule has 0 fully saturated rings. The Kier molecular flexibility index (Phi) is 18.2. The summed E-state index contributed by atoms with van der Waals surface area (Å²) in [6.07, 6.45) is 0. The molecule has 103 heavy (non-hydrogen) atoms. The highest BCUT2D eigenvalue weighted by molar-refractivity contribution is 6.07. The van der Waals surface area contributed by atoms with Crippen LogP contribution in [0.5, 0.6) is 0 Å². The Balaban J connectivity index is 0.000000158. The number of benzene rings is 18. The third kappa shape index (κ3) is 13.4. The van der Waals surface area contributed by atoms with E-state index in [1.54, 1.807) is 0 Å². The Morgan fingerprint density at radius 2 is 0.330 bits per heavy atom. The third-order valence-electron chi connectivity index (χ3n) is 19.8. The zero-order valence-electron chi connectivity index (χ0n) is 56.3. The van der Waals surface area contributed by atoms with Crippen LogP contribution in [-0.4, -0.2) is 0 Å². The Hall–Kier alpha value is -13.4. The molecule has 0 saturated heterocycles. The molecule has 18 rings (SSSR count). The standard InChI is InChI=1S/2C50H35N.CH4/c1-3-11-36(12-4-1)39-23-29-44(30-24-39)51(45-31-25-40(26-32-45)37-13-5-2-6-14-37)46-33-27-41(28-34-46)47-17-9-20-50-48(18-10-19-49(47)50)43-22-21-38-15-7-8-16-42(38)35-43;1-3-11-36(12-4-1)39-21-27-44(28-22-39)51(45-29-23-40(24-30-45)37-13-5-2-6-14-37)46-31-25-41(26-32-46)47-33-34-48(50-18-10-9-17-49(47)50)43-20-19-38-15-7-8-16-42(38)35-43;/h2*1-35H;1H4. The van der Waals surface area contributed by atoms with Crippen LogP contribution in [0.1, 0.15) is 7.43 Å². The second kappa shape index (κ2) is 29.2. The predicted molar refractivity (Wildman–Crippen MR) is 442 cm³/mol. The zero-order chi connectivity index (χ0) is 68.0. The van der Waals surface area contributed by atoms with Gasteiger partial charge < -0.3 is 9.80 Å². The molecule has 0 spiro atoms. The van der Waals surface area contributed by atoms with E-state index >= 15 is 0 Å². The van der Waals surface area contributed by atoms with Gasteiger partial charge in [-0.15, -0.1) is 0 Å². The van der Waals surface area contributed by atoms with E-state index in [0.717, 1.165) is 34.1 Å². The highest BCUT2D eigenvalue weighted by Gasteiger charge is 2.19. The van der Waals surface area contributed by atoms with Crippen molar-refractivity contribution in [3.8, 4) is 89.0 Å². The summed E-state index contributed by atoms with van der Waals surface area (Å²) in [5, 5.41) is 10.1. The molecule has 2 nitrogen and oxygen atoms in total. The van der Waals surface area contributed by atoms with Gasteiger partial charge >= 0.3 is 0 Å². The molecule has 0 heterocycles. The fraction of sp³-hybridized carbons (Fsp3) is 0.00990. The van der Waals surface area contributed by atoms with Crippen molar-refractivity contribution in [1.82, 2.24) is 0 Å². The number of hydrogen-bond acceptors (Lipinski definition) is 2. The fourth-order valence-electron chi connectivity index (χ4n) is 14.5.